The van der Waals surface area contributed by atoms with Crippen molar-refractivity contribution in [2.75, 3.05) is 13.1 Å². The summed E-state index contributed by atoms with van der Waals surface area (Å²) in [6, 6.07) is 7.69. The van der Waals surface area contributed by atoms with Gasteiger partial charge < -0.3 is 10.4 Å². The largest absolute Gasteiger partial charge is 0.385 e. The summed E-state index contributed by atoms with van der Waals surface area (Å²) in [4.78, 5) is 0. The van der Waals surface area contributed by atoms with E-state index in [1.807, 2.05) is 24.3 Å². The van der Waals surface area contributed by atoms with Gasteiger partial charge in [-0.3, -0.25) is 0 Å². The first-order valence-corrected chi connectivity index (χ1v) is 7.23. The fourth-order valence-electron chi connectivity index (χ4n) is 2.98. The number of piperidine rings is 1. The number of rotatable bonds is 4. The van der Waals surface area contributed by atoms with Gasteiger partial charge in [-0.1, -0.05) is 37.1 Å². The molecule has 18 heavy (non-hydrogen) atoms. The third-order valence-corrected chi connectivity index (χ3v) is 4.16. The van der Waals surface area contributed by atoms with Crippen LogP contribution in [0.25, 0.3) is 0 Å². The van der Waals surface area contributed by atoms with Crippen LogP contribution in [0.4, 0.5) is 0 Å². The van der Waals surface area contributed by atoms with Crippen molar-refractivity contribution in [3.8, 4) is 0 Å². The molecular formula is C15H22ClNO. The summed E-state index contributed by atoms with van der Waals surface area (Å²) < 4.78 is 0. The number of benzene rings is 1. The molecule has 2 nitrogen and oxygen atoms in total. The SMILES string of the molecule is CCCC(O)(c1cccc(Cl)c1)[C@@H]1CCCNC1. The Morgan fingerprint density at radius 1 is 1.50 bits per heavy atom. The molecule has 0 amide bonds. The van der Waals surface area contributed by atoms with Crippen molar-refractivity contribution >= 4 is 11.6 Å². The summed E-state index contributed by atoms with van der Waals surface area (Å²) in [5, 5.41) is 15.2. The molecule has 0 aliphatic carbocycles. The molecule has 0 spiro atoms. The molecule has 2 atom stereocenters. The highest BCUT2D eigenvalue weighted by atomic mass is 35.5. The molecule has 1 unspecified atom stereocenters. The van der Waals surface area contributed by atoms with Gasteiger partial charge in [-0.25, -0.2) is 0 Å². The molecule has 1 aromatic carbocycles. The molecule has 0 aromatic heterocycles. The van der Waals surface area contributed by atoms with E-state index in [-0.39, 0.29) is 5.92 Å². The molecule has 1 aliphatic rings. The van der Waals surface area contributed by atoms with Gasteiger partial charge in [-0.2, -0.15) is 0 Å². The minimum atomic E-state index is -0.743. The minimum absolute atomic E-state index is 0.282. The third-order valence-electron chi connectivity index (χ3n) is 3.93. The van der Waals surface area contributed by atoms with Crippen molar-refractivity contribution in [3.63, 3.8) is 0 Å². The minimum Gasteiger partial charge on any atom is -0.385 e. The summed E-state index contributed by atoms with van der Waals surface area (Å²) in [6.07, 6.45) is 3.98. The average molecular weight is 268 g/mol. The van der Waals surface area contributed by atoms with Gasteiger partial charge in [0.1, 0.15) is 0 Å². The van der Waals surface area contributed by atoms with Gasteiger partial charge in [0, 0.05) is 17.5 Å². The smallest absolute Gasteiger partial charge is 0.0937 e. The first-order valence-electron chi connectivity index (χ1n) is 6.86. The Kier molecular flexibility index (Phi) is 4.66. The van der Waals surface area contributed by atoms with E-state index < -0.39 is 5.60 Å². The number of hydrogen-bond donors (Lipinski definition) is 2. The van der Waals surface area contributed by atoms with Gasteiger partial charge in [-0.15, -0.1) is 0 Å². The summed E-state index contributed by atoms with van der Waals surface area (Å²) in [5.74, 6) is 0.282. The van der Waals surface area contributed by atoms with E-state index in [1.54, 1.807) is 0 Å². The van der Waals surface area contributed by atoms with Crippen molar-refractivity contribution in [1.29, 1.82) is 0 Å². The molecule has 1 saturated heterocycles. The first-order chi connectivity index (χ1) is 8.66. The zero-order valence-electron chi connectivity index (χ0n) is 11.0. The van der Waals surface area contributed by atoms with Gasteiger partial charge in [0.2, 0.25) is 0 Å². The van der Waals surface area contributed by atoms with Crippen LogP contribution in [0, 0.1) is 5.92 Å². The maximum absolute atomic E-state index is 11.1. The predicted molar refractivity (Wildman–Crippen MR) is 75.9 cm³/mol. The van der Waals surface area contributed by atoms with Crippen molar-refractivity contribution in [2.45, 2.75) is 38.2 Å². The zero-order valence-corrected chi connectivity index (χ0v) is 11.7. The summed E-state index contributed by atoms with van der Waals surface area (Å²) >= 11 is 6.06. The Hall–Kier alpha value is -0.570. The maximum Gasteiger partial charge on any atom is 0.0937 e. The van der Waals surface area contributed by atoms with Gasteiger partial charge in [0.05, 0.1) is 5.60 Å². The average Bonchev–Trinajstić information content (AvgIpc) is 2.40. The van der Waals surface area contributed by atoms with Crippen LogP contribution >= 0.6 is 11.6 Å². The van der Waals surface area contributed by atoms with Crippen LogP contribution in [0.15, 0.2) is 24.3 Å². The molecule has 0 radical (unpaired) electrons. The second-order valence-corrected chi connectivity index (χ2v) is 5.66. The summed E-state index contributed by atoms with van der Waals surface area (Å²) in [6.45, 7) is 4.07. The lowest BCUT2D eigenvalue weighted by molar-refractivity contribution is -0.0412. The van der Waals surface area contributed by atoms with Crippen LogP contribution in [-0.2, 0) is 5.60 Å². The normalized spacial score (nSPS) is 23.6. The fraction of sp³-hybridized carbons (Fsp3) is 0.600. The molecule has 0 saturated carbocycles. The molecule has 100 valence electrons. The Morgan fingerprint density at radius 2 is 2.33 bits per heavy atom. The lowest BCUT2D eigenvalue weighted by Crippen LogP contribution is -2.44. The van der Waals surface area contributed by atoms with Crippen LogP contribution < -0.4 is 5.32 Å². The van der Waals surface area contributed by atoms with Gasteiger partial charge in [0.25, 0.3) is 0 Å². The monoisotopic (exact) mass is 267 g/mol. The Labute approximate surface area is 114 Å². The van der Waals surface area contributed by atoms with Gasteiger partial charge >= 0.3 is 0 Å². The van der Waals surface area contributed by atoms with Gasteiger partial charge in [0.15, 0.2) is 0 Å². The predicted octanol–water partition coefficient (Wildman–Crippen LogP) is 3.33. The van der Waals surface area contributed by atoms with Crippen LogP contribution in [0.5, 0.6) is 0 Å². The molecule has 0 bridgehead atoms. The zero-order chi connectivity index (χ0) is 13.0. The van der Waals surface area contributed by atoms with E-state index >= 15 is 0 Å². The fourth-order valence-corrected chi connectivity index (χ4v) is 3.17. The van der Waals surface area contributed by atoms with Crippen LogP contribution in [0.1, 0.15) is 38.2 Å². The summed E-state index contributed by atoms with van der Waals surface area (Å²) in [5.41, 5.74) is 0.220. The van der Waals surface area contributed by atoms with Crippen LogP contribution in [-0.4, -0.2) is 18.2 Å². The van der Waals surface area contributed by atoms with Crippen LogP contribution in [0.3, 0.4) is 0 Å². The molecule has 1 aromatic rings. The number of halogens is 1. The van der Waals surface area contributed by atoms with Crippen molar-refractivity contribution in [3.05, 3.63) is 34.9 Å². The highest BCUT2D eigenvalue weighted by molar-refractivity contribution is 6.30. The van der Waals surface area contributed by atoms with E-state index in [4.69, 9.17) is 11.6 Å². The van der Waals surface area contributed by atoms with E-state index in [0.29, 0.717) is 5.02 Å². The highest BCUT2D eigenvalue weighted by Crippen LogP contribution is 2.38. The van der Waals surface area contributed by atoms with E-state index in [2.05, 4.69) is 12.2 Å². The first kappa shape index (κ1) is 13.9. The second kappa shape index (κ2) is 6.05. The lowest BCUT2D eigenvalue weighted by Gasteiger charge is -2.39. The standard InChI is InChI=1S/C15H22ClNO/c1-2-8-15(18,13-6-4-9-17-11-13)12-5-3-7-14(16)10-12/h3,5,7,10,13,17-18H,2,4,6,8-9,11H2,1H3/t13-,15?/m1/s1. The quantitative estimate of drug-likeness (QED) is 0.877. The Balaban J connectivity index is 2.29. The molecular weight excluding hydrogens is 246 g/mol. The number of nitrogens with one attached hydrogen (secondary N) is 1. The second-order valence-electron chi connectivity index (χ2n) is 5.23. The number of aliphatic hydroxyl groups is 1. The van der Waals surface area contributed by atoms with Crippen LogP contribution in [0.2, 0.25) is 5.02 Å². The maximum atomic E-state index is 11.1. The number of hydrogen-bond acceptors (Lipinski definition) is 2. The molecule has 1 fully saturated rings. The topological polar surface area (TPSA) is 32.3 Å². The molecule has 1 heterocycles. The van der Waals surface area contributed by atoms with Gasteiger partial charge in [-0.05, 0) is 43.5 Å². The molecule has 3 heteroatoms. The lowest BCUT2D eigenvalue weighted by atomic mass is 9.75. The Morgan fingerprint density at radius 3 is 2.94 bits per heavy atom. The van der Waals surface area contributed by atoms with Crippen molar-refractivity contribution < 1.29 is 5.11 Å². The molecule has 2 rings (SSSR count). The van der Waals surface area contributed by atoms with E-state index in [0.717, 1.165) is 44.3 Å². The van der Waals surface area contributed by atoms with Crippen molar-refractivity contribution in [1.82, 2.24) is 5.32 Å². The highest BCUT2D eigenvalue weighted by Gasteiger charge is 2.38. The Bertz CT molecular complexity index is 390. The summed E-state index contributed by atoms with van der Waals surface area (Å²) in [7, 11) is 0. The molecule has 2 N–H and O–H groups in total. The molecule has 1 aliphatic heterocycles. The van der Waals surface area contributed by atoms with Crippen molar-refractivity contribution in [2.24, 2.45) is 5.92 Å². The van der Waals surface area contributed by atoms with E-state index in [9.17, 15) is 5.11 Å². The van der Waals surface area contributed by atoms with E-state index in [1.165, 1.54) is 0 Å². The third kappa shape index (κ3) is 2.87.